The summed E-state index contributed by atoms with van der Waals surface area (Å²) in [5.74, 6) is 1.77. The van der Waals surface area contributed by atoms with Crippen molar-refractivity contribution in [1.82, 2.24) is 20.0 Å². The van der Waals surface area contributed by atoms with Crippen LogP contribution < -0.4 is 4.74 Å². The molecule has 0 atom stereocenters. The Morgan fingerprint density at radius 3 is 2.48 bits per heavy atom. The van der Waals surface area contributed by atoms with E-state index in [-0.39, 0.29) is 0 Å². The highest BCUT2D eigenvalue weighted by atomic mass is 16.5. The zero-order valence-corrected chi connectivity index (χ0v) is 16.0. The number of piperidine rings is 1. The van der Waals surface area contributed by atoms with E-state index in [4.69, 9.17) is 9.47 Å². The number of hydrogen-bond donors (Lipinski definition) is 1. The number of likely N-dealkylation sites (tertiary alicyclic amines) is 1. The molecule has 0 amide bonds. The molecule has 1 aromatic carbocycles. The minimum absolute atomic E-state index is 0.748. The van der Waals surface area contributed by atoms with E-state index < -0.39 is 0 Å². The van der Waals surface area contributed by atoms with Gasteiger partial charge in [-0.25, -0.2) is 0 Å². The van der Waals surface area contributed by atoms with Gasteiger partial charge in [-0.15, -0.1) is 0 Å². The smallest absolute Gasteiger partial charge is 0.119 e. The lowest BCUT2D eigenvalue weighted by atomic mass is 9.96. The van der Waals surface area contributed by atoms with Gasteiger partial charge in [0.05, 0.1) is 18.9 Å². The normalized spacial score (nSPS) is 20.0. The van der Waals surface area contributed by atoms with Gasteiger partial charge in [0.15, 0.2) is 0 Å². The molecule has 2 saturated heterocycles. The maximum absolute atomic E-state index is 5.94. The molecule has 2 aliphatic heterocycles. The molecule has 2 aliphatic rings. The quantitative estimate of drug-likeness (QED) is 0.812. The average molecular weight is 370 g/mol. The summed E-state index contributed by atoms with van der Waals surface area (Å²) >= 11 is 0. The van der Waals surface area contributed by atoms with Gasteiger partial charge < -0.3 is 9.47 Å². The molecule has 3 heterocycles. The summed E-state index contributed by atoms with van der Waals surface area (Å²) in [7, 11) is 0. The lowest BCUT2D eigenvalue weighted by molar-refractivity contribution is 0.0240. The van der Waals surface area contributed by atoms with Crippen LogP contribution in [0.25, 0.3) is 11.3 Å². The van der Waals surface area contributed by atoms with E-state index in [1.807, 2.05) is 18.2 Å². The summed E-state index contributed by atoms with van der Waals surface area (Å²) < 4.78 is 11.4. The van der Waals surface area contributed by atoms with Crippen LogP contribution in [0.3, 0.4) is 0 Å². The summed E-state index contributed by atoms with van der Waals surface area (Å²) in [5, 5.41) is 6.97. The van der Waals surface area contributed by atoms with E-state index in [2.05, 4.69) is 32.1 Å². The second-order valence-corrected chi connectivity index (χ2v) is 7.54. The molecule has 2 fully saturated rings. The number of nitrogens with zero attached hydrogens (tertiary/aromatic N) is 3. The van der Waals surface area contributed by atoms with E-state index in [0.717, 1.165) is 62.4 Å². The van der Waals surface area contributed by atoms with E-state index >= 15 is 0 Å². The highest BCUT2D eigenvalue weighted by molar-refractivity contribution is 5.59. The Morgan fingerprint density at radius 2 is 1.78 bits per heavy atom. The van der Waals surface area contributed by atoms with Crippen molar-refractivity contribution in [1.29, 1.82) is 0 Å². The van der Waals surface area contributed by atoms with Crippen LogP contribution >= 0.6 is 0 Å². The first-order valence-electron chi connectivity index (χ1n) is 10.1. The van der Waals surface area contributed by atoms with Gasteiger partial charge in [0.2, 0.25) is 0 Å². The third kappa shape index (κ3) is 5.31. The third-order valence-electron chi connectivity index (χ3n) is 5.67. The van der Waals surface area contributed by atoms with Crippen molar-refractivity contribution in [3.63, 3.8) is 0 Å². The molecule has 1 N–H and O–H groups in total. The maximum Gasteiger partial charge on any atom is 0.119 e. The summed E-state index contributed by atoms with van der Waals surface area (Å²) in [6, 6.07) is 10.2. The molecule has 146 valence electrons. The second-order valence-electron chi connectivity index (χ2n) is 7.54. The minimum Gasteiger partial charge on any atom is -0.492 e. The van der Waals surface area contributed by atoms with Crippen LogP contribution in [-0.4, -0.2) is 79.1 Å². The van der Waals surface area contributed by atoms with Crippen molar-refractivity contribution in [2.75, 3.05) is 59.1 Å². The molecule has 0 unspecified atom stereocenters. The fourth-order valence-corrected chi connectivity index (χ4v) is 3.98. The Bertz CT molecular complexity index is 660. The molecule has 0 spiro atoms. The van der Waals surface area contributed by atoms with Crippen LogP contribution in [0.5, 0.6) is 5.75 Å². The first-order valence-corrected chi connectivity index (χ1v) is 10.1. The number of nitrogens with one attached hydrogen (secondary N) is 1. The van der Waals surface area contributed by atoms with Crippen molar-refractivity contribution < 1.29 is 9.47 Å². The Hall–Kier alpha value is -1.89. The van der Waals surface area contributed by atoms with Gasteiger partial charge in [-0.3, -0.25) is 14.9 Å². The number of benzene rings is 1. The molecule has 0 saturated carbocycles. The Labute approximate surface area is 161 Å². The Morgan fingerprint density at radius 1 is 1.00 bits per heavy atom. The first-order chi connectivity index (χ1) is 13.4. The average Bonchev–Trinajstić information content (AvgIpc) is 3.26. The van der Waals surface area contributed by atoms with Gasteiger partial charge in [-0.1, -0.05) is 0 Å². The van der Waals surface area contributed by atoms with Gasteiger partial charge in [0.1, 0.15) is 12.4 Å². The van der Waals surface area contributed by atoms with E-state index in [9.17, 15) is 0 Å². The molecule has 6 nitrogen and oxygen atoms in total. The molecule has 4 rings (SSSR count). The van der Waals surface area contributed by atoms with Crippen molar-refractivity contribution in [2.45, 2.75) is 12.8 Å². The van der Waals surface area contributed by atoms with Gasteiger partial charge >= 0.3 is 0 Å². The molecule has 0 radical (unpaired) electrons. The Kier molecular flexibility index (Phi) is 6.40. The minimum atomic E-state index is 0.748. The topological polar surface area (TPSA) is 53.6 Å². The van der Waals surface area contributed by atoms with Crippen LogP contribution in [0.2, 0.25) is 0 Å². The summed E-state index contributed by atoms with van der Waals surface area (Å²) in [6.45, 7) is 9.40. The molecule has 1 aromatic heterocycles. The zero-order valence-electron chi connectivity index (χ0n) is 16.0. The van der Waals surface area contributed by atoms with Gasteiger partial charge in [-0.2, -0.15) is 5.10 Å². The van der Waals surface area contributed by atoms with Crippen molar-refractivity contribution >= 4 is 0 Å². The summed E-state index contributed by atoms with van der Waals surface area (Å²) in [4.78, 5) is 5.11. The molecule has 0 aliphatic carbocycles. The van der Waals surface area contributed by atoms with Crippen molar-refractivity contribution in [3.05, 3.63) is 36.5 Å². The fourth-order valence-electron chi connectivity index (χ4n) is 3.98. The number of morpholine rings is 1. The van der Waals surface area contributed by atoms with E-state index in [1.54, 1.807) is 6.20 Å². The number of rotatable bonds is 7. The lowest BCUT2D eigenvalue weighted by Gasteiger charge is -2.36. The van der Waals surface area contributed by atoms with Gasteiger partial charge in [0.25, 0.3) is 0 Å². The summed E-state index contributed by atoms with van der Waals surface area (Å²) in [5.41, 5.74) is 2.16. The lowest BCUT2D eigenvalue weighted by Crippen LogP contribution is -2.43. The second kappa shape index (κ2) is 9.35. The largest absolute Gasteiger partial charge is 0.492 e. The molecule has 2 aromatic rings. The van der Waals surface area contributed by atoms with E-state index in [1.165, 1.54) is 32.5 Å². The molecule has 0 bridgehead atoms. The number of aromatic amines is 1. The third-order valence-corrected chi connectivity index (χ3v) is 5.67. The predicted molar refractivity (Wildman–Crippen MR) is 106 cm³/mol. The number of aromatic nitrogens is 2. The number of hydrogen-bond acceptors (Lipinski definition) is 5. The highest BCUT2D eigenvalue weighted by Crippen LogP contribution is 2.21. The predicted octanol–water partition coefficient (Wildman–Crippen LogP) is 2.50. The Balaban J connectivity index is 1.14. The van der Waals surface area contributed by atoms with Crippen LogP contribution in [0.15, 0.2) is 36.5 Å². The zero-order chi connectivity index (χ0) is 18.3. The number of H-pyrrole nitrogens is 1. The van der Waals surface area contributed by atoms with Crippen LogP contribution in [0, 0.1) is 5.92 Å². The van der Waals surface area contributed by atoms with Crippen LogP contribution in [0.1, 0.15) is 12.8 Å². The maximum atomic E-state index is 5.94. The fraction of sp³-hybridized carbons (Fsp3) is 0.571. The SMILES string of the molecule is c1cc(-c2ccc(OCCN3CCC(CN4CCOCC4)CC3)cc2)[nH]n1. The molecular weight excluding hydrogens is 340 g/mol. The van der Waals surface area contributed by atoms with Gasteiger partial charge in [0, 0.05) is 32.4 Å². The van der Waals surface area contributed by atoms with Crippen molar-refractivity contribution in [3.8, 4) is 17.0 Å². The standard InChI is InChI=1S/C21H30N4O2/c1-3-20(4-2-19(1)21-5-8-22-23-21)27-16-13-24-9-6-18(7-10-24)17-25-11-14-26-15-12-25/h1-5,8,18H,6-7,9-17H2,(H,22,23). The van der Waals surface area contributed by atoms with Crippen molar-refractivity contribution in [2.24, 2.45) is 5.92 Å². The molecule has 27 heavy (non-hydrogen) atoms. The molecular formula is C21H30N4O2. The van der Waals surface area contributed by atoms with Gasteiger partial charge in [-0.05, 0) is 67.7 Å². The first kappa shape index (κ1) is 18.5. The summed E-state index contributed by atoms with van der Waals surface area (Å²) in [6.07, 6.45) is 4.37. The van der Waals surface area contributed by atoms with Crippen LogP contribution in [0.4, 0.5) is 0 Å². The van der Waals surface area contributed by atoms with Crippen LogP contribution in [-0.2, 0) is 4.74 Å². The monoisotopic (exact) mass is 370 g/mol. The van der Waals surface area contributed by atoms with E-state index in [0.29, 0.717) is 0 Å². The molecule has 6 heteroatoms. The number of ether oxygens (including phenoxy) is 2. The highest BCUT2D eigenvalue weighted by Gasteiger charge is 2.22.